The highest BCUT2D eigenvalue weighted by Crippen LogP contribution is 2.44. The van der Waals surface area contributed by atoms with Gasteiger partial charge in [-0.2, -0.15) is 4.98 Å². The number of carbonyl (C=O) groups excluding carboxylic acids is 1. The quantitative estimate of drug-likeness (QED) is 0.252. The second-order valence-electron chi connectivity index (χ2n) is 11.2. The van der Waals surface area contributed by atoms with E-state index in [0.29, 0.717) is 57.3 Å². The predicted octanol–water partition coefficient (Wildman–Crippen LogP) is 6.20. The minimum absolute atomic E-state index is 0.0171. The van der Waals surface area contributed by atoms with Crippen LogP contribution in [0.1, 0.15) is 44.9 Å². The lowest BCUT2D eigenvalue weighted by atomic mass is 9.87. The number of carbonyl (C=O) groups is 1. The average Bonchev–Trinajstić information content (AvgIpc) is 3.43. The molecule has 1 aliphatic rings. The van der Waals surface area contributed by atoms with Gasteiger partial charge in [-0.25, -0.2) is 4.68 Å². The van der Waals surface area contributed by atoms with E-state index >= 15 is 0 Å². The van der Waals surface area contributed by atoms with E-state index in [-0.39, 0.29) is 11.3 Å². The van der Waals surface area contributed by atoms with E-state index in [0.717, 1.165) is 5.56 Å². The van der Waals surface area contributed by atoms with Gasteiger partial charge < -0.3 is 29.6 Å². The van der Waals surface area contributed by atoms with Gasteiger partial charge in [0.1, 0.15) is 11.8 Å². The molecule has 10 nitrogen and oxygen atoms in total. The fourth-order valence-electron chi connectivity index (χ4n) is 5.19. The monoisotopic (exact) mass is 583 g/mol. The van der Waals surface area contributed by atoms with Crippen molar-refractivity contribution in [3.05, 3.63) is 83.1 Å². The maximum atomic E-state index is 14.1. The summed E-state index contributed by atoms with van der Waals surface area (Å²) in [5.74, 6) is 2.60. The Balaban J connectivity index is 1.65. The number of fused-ring (bicyclic) bond motifs is 1. The third-order valence-corrected chi connectivity index (χ3v) is 7.46. The maximum Gasteiger partial charge on any atom is 0.255 e. The number of aromatic nitrogens is 3. The zero-order chi connectivity index (χ0) is 30.9. The van der Waals surface area contributed by atoms with E-state index in [9.17, 15) is 4.79 Å². The Morgan fingerprint density at radius 1 is 0.884 bits per heavy atom. The zero-order valence-corrected chi connectivity index (χ0v) is 25.7. The molecule has 1 unspecified atom stereocenters. The first-order valence-corrected chi connectivity index (χ1v) is 13.9. The molecule has 224 valence electrons. The van der Waals surface area contributed by atoms with Crippen LogP contribution in [-0.4, -0.2) is 49.1 Å². The Morgan fingerprint density at radius 3 is 2.09 bits per heavy atom. The Labute approximate surface area is 251 Å². The minimum Gasteiger partial charge on any atom is -0.495 e. The number of hydrogen-bond acceptors (Lipinski definition) is 8. The summed E-state index contributed by atoms with van der Waals surface area (Å²) in [4.78, 5) is 18.9. The number of anilines is 2. The summed E-state index contributed by atoms with van der Waals surface area (Å²) in [5.41, 5.74) is 4.39. The third kappa shape index (κ3) is 5.60. The van der Waals surface area contributed by atoms with Crippen LogP contribution in [0.2, 0.25) is 0 Å². The van der Waals surface area contributed by atoms with Gasteiger partial charge in [-0.05, 0) is 47.7 Å². The van der Waals surface area contributed by atoms with Crippen molar-refractivity contribution in [1.82, 2.24) is 14.8 Å². The second kappa shape index (κ2) is 11.7. The van der Waals surface area contributed by atoms with Gasteiger partial charge in [0.25, 0.3) is 5.91 Å². The summed E-state index contributed by atoms with van der Waals surface area (Å²) in [6.07, 6.45) is 0. The lowest BCUT2D eigenvalue weighted by Gasteiger charge is -2.29. The molecule has 0 bridgehead atoms. The molecule has 1 aliphatic heterocycles. The summed E-state index contributed by atoms with van der Waals surface area (Å²) in [5, 5.41) is 11.2. The van der Waals surface area contributed by atoms with E-state index in [1.54, 1.807) is 45.3 Å². The first-order chi connectivity index (χ1) is 20.6. The molecule has 4 aromatic rings. The van der Waals surface area contributed by atoms with E-state index in [1.807, 2.05) is 43.3 Å². The molecular formula is C33H37N5O5. The molecule has 0 radical (unpaired) electrons. The van der Waals surface area contributed by atoms with Crippen molar-refractivity contribution in [2.75, 3.05) is 39.1 Å². The van der Waals surface area contributed by atoms with Crippen molar-refractivity contribution in [3.8, 4) is 34.4 Å². The lowest BCUT2D eigenvalue weighted by Crippen LogP contribution is -2.31. The lowest BCUT2D eigenvalue weighted by molar-refractivity contribution is -0.113. The highest BCUT2D eigenvalue weighted by Gasteiger charge is 2.36. The molecular weight excluding hydrogens is 546 g/mol. The highest BCUT2D eigenvalue weighted by atomic mass is 16.5. The van der Waals surface area contributed by atoms with Crippen molar-refractivity contribution in [2.24, 2.45) is 0 Å². The molecule has 2 N–H and O–H groups in total. The maximum absolute atomic E-state index is 14.1. The number of benzene rings is 3. The molecule has 1 amide bonds. The Morgan fingerprint density at radius 2 is 1.51 bits per heavy atom. The van der Waals surface area contributed by atoms with Crippen LogP contribution >= 0.6 is 0 Å². The molecule has 0 saturated heterocycles. The molecule has 1 atom stereocenters. The topological polar surface area (TPSA) is 109 Å². The van der Waals surface area contributed by atoms with Crippen LogP contribution in [0, 0.1) is 0 Å². The Bertz CT molecular complexity index is 1660. The molecule has 10 heteroatoms. The number of nitrogens with zero attached hydrogens (tertiary/aromatic N) is 3. The number of amides is 1. The fraction of sp³-hybridized carbons (Fsp3) is 0.303. The Kier molecular flexibility index (Phi) is 8.04. The number of methoxy groups -OCH3 is 4. The number of nitrogens with one attached hydrogen (secondary N) is 2. The van der Waals surface area contributed by atoms with Crippen molar-refractivity contribution in [2.45, 2.75) is 39.2 Å². The molecule has 0 spiro atoms. The normalized spacial score (nSPS) is 14.5. The molecule has 0 saturated carbocycles. The van der Waals surface area contributed by atoms with E-state index < -0.39 is 6.04 Å². The zero-order valence-electron chi connectivity index (χ0n) is 25.7. The van der Waals surface area contributed by atoms with Gasteiger partial charge in [-0.3, -0.25) is 4.79 Å². The van der Waals surface area contributed by atoms with Gasteiger partial charge in [-0.15, -0.1) is 5.10 Å². The molecule has 5 rings (SSSR count). The largest absolute Gasteiger partial charge is 0.495 e. The molecule has 1 aromatic heterocycles. The highest BCUT2D eigenvalue weighted by molar-refractivity contribution is 6.06. The van der Waals surface area contributed by atoms with Crippen LogP contribution in [0.3, 0.4) is 0 Å². The van der Waals surface area contributed by atoms with Crippen molar-refractivity contribution >= 4 is 17.5 Å². The van der Waals surface area contributed by atoms with Crippen LogP contribution in [0.4, 0.5) is 11.6 Å². The fourth-order valence-corrected chi connectivity index (χ4v) is 5.19. The standard InChI is InChI=1S/C33H37N5O5/c1-19-27(31(39)35-23-11-9-10-12-24(23)40-5)28(21-17-25(41-6)29(43-8)26(18-21)42-7)38-32(34-19)36-30(37-38)20-13-15-22(16-14-20)33(2,3)4/h9-18,28H,1-8H3,(H,35,39)(H,34,36,37). The van der Waals surface area contributed by atoms with Crippen molar-refractivity contribution < 1.29 is 23.7 Å². The average molecular weight is 584 g/mol. The van der Waals surface area contributed by atoms with Gasteiger partial charge in [0.2, 0.25) is 11.7 Å². The molecule has 0 aliphatic carbocycles. The smallest absolute Gasteiger partial charge is 0.255 e. The van der Waals surface area contributed by atoms with Crippen molar-refractivity contribution in [1.29, 1.82) is 0 Å². The first-order valence-electron chi connectivity index (χ1n) is 13.9. The van der Waals surface area contributed by atoms with E-state index in [2.05, 4.69) is 43.5 Å². The van der Waals surface area contributed by atoms with Crippen LogP contribution in [0.5, 0.6) is 23.0 Å². The second-order valence-corrected chi connectivity index (χ2v) is 11.2. The van der Waals surface area contributed by atoms with Crippen LogP contribution in [0.15, 0.2) is 71.9 Å². The third-order valence-electron chi connectivity index (χ3n) is 7.46. The van der Waals surface area contributed by atoms with Crippen LogP contribution < -0.4 is 29.6 Å². The van der Waals surface area contributed by atoms with Gasteiger partial charge in [0, 0.05) is 11.3 Å². The van der Waals surface area contributed by atoms with Gasteiger partial charge >= 0.3 is 0 Å². The number of allylic oxidation sites excluding steroid dienone is 1. The minimum atomic E-state index is -0.685. The van der Waals surface area contributed by atoms with Gasteiger partial charge in [0.05, 0.1) is 39.7 Å². The molecule has 2 heterocycles. The van der Waals surface area contributed by atoms with E-state index in [4.69, 9.17) is 29.0 Å². The number of hydrogen-bond donors (Lipinski definition) is 2. The summed E-state index contributed by atoms with van der Waals surface area (Å²) in [6, 6.07) is 18.4. The molecule has 43 heavy (non-hydrogen) atoms. The summed E-state index contributed by atoms with van der Waals surface area (Å²) in [7, 11) is 6.22. The molecule has 3 aromatic carbocycles. The number of para-hydroxylation sites is 2. The SMILES string of the molecule is COc1ccccc1NC(=O)C1=C(C)Nc2nc(-c3ccc(C(C)(C)C)cc3)nn2C1c1cc(OC)c(OC)c(OC)c1. The number of rotatable bonds is 8. The van der Waals surface area contributed by atoms with Gasteiger partial charge in [-0.1, -0.05) is 57.2 Å². The molecule has 0 fully saturated rings. The summed E-state index contributed by atoms with van der Waals surface area (Å²) >= 11 is 0. The number of ether oxygens (including phenoxy) is 4. The van der Waals surface area contributed by atoms with Crippen LogP contribution in [0.25, 0.3) is 11.4 Å². The van der Waals surface area contributed by atoms with Crippen molar-refractivity contribution in [3.63, 3.8) is 0 Å². The summed E-state index contributed by atoms with van der Waals surface area (Å²) in [6.45, 7) is 8.37. The Hall–Kier alpha value is -4.99. The predicted molar refractivity (Wildman–Crippen MR) is 166 cm³/mol. The first kappa shape index (κ1) is 29.5. The van der Waals surface area contributed by atoms with E-state index in [1.165, 1.54) is 5.56 Å². The van der Waals surface area contributed by atoms with Crippen LogP contribution in [-0.2, 0) is 10.2 Å². The van der Waals surface area contributed by atoms with Gasteiger partial charge in [0.15, 0.2) is 17.3 Å². The summed E-state index contributed by atoms with van der Waals surface area (Å²) < 4.78 is 24.1.